The van der Waals surface area contributed by atoms with E-state index in [1.54, 1.807) is 43.5 Å². The van der Waals surface area contributed by atoms with Gasteiger partial charge in [0.1, 0.15) is 10.8 Å². The smallest absolute Gasteiger partial charge is 0.271 e. The molecule has 1 aromatic heterocycles. The lowest BCUT2D eigenvalue weighted by Gasteiger charge is -2.11. The topological polar surface area (TPSA) is 85.1 Å². The molecule has 1 amide bonds. The van der Waals surface area contributed by atoms with Crippen molar-refractivity contribution in [2.75, 3.05) is 5.32 Å². The highest BCUT2D eigenvalue weighted by Crippen LogP contribution is 2.27. The molecule has 8 heteroatoms. The van der Waals surface area contributed by atoms with E-state index in [1.807, 2.05) is 0 Å². The number of anilines is 1. The summed E-state index contributed by atoms with van der Waals surface area (Å²) in [7, 11) is 0. The van der Waals surface area contributed by atoms with Crippen LogP contribution in [-0.2, 0) is 5.75 Å². The number of nitro groups is 1. The lowest BCUT2D eigenvalue weighted by Crippen LogP contribution is -2.14. The Morgan fingerprint density at radius 3 is 2.68 bits per heavy atom. The van der Waals surface area contributed by atoms with E-state index in [0.717, 1.165) is 5.56 Å². The first-order valence-corrected chi connectivity index (χ1v) is 9.31. The van der Waals surface area contributed by atoms with Crippen LogP contribution in [0.25, 0.3) is 0 Å². The molecule has 142 valence electrons. The molecule has 6 nitrogen and oxygen atoms in total. The number of thioether (sulfide) groups is 1. The van der Waals surface area contributed by atoms with Gasteiger partial charge in [-0.2, -0.15) is 0 Å². The zero-order chi connectivity index (χ0) is 20.1. The predicted octanol–water partition coefficient (Wildman–Crippen LogP) is 4.98. The summed E-state index contributed by atoms with van der Waals surface area (Å²) in [5.74, 6) is -0.190. The monoisotopic (exact) mass is 397 g/mol. The minimum absolute atomic E-state index is 0.0991. The minimum Gasteiger partial charge on any atom is -0.321 e. The number of aromatic nitrogens is 1. The lowest BCUT2D eigenvalue weighted by atomic mass is 10.1. The number of amides is 1. The summed E-state index contributed by atoms with van der Waals surface area (Å²) in [5, 5.41) is 14.2. The second-order valence-corrected chi connectivity index (χ2v) is 6.95. The molecule has 3 rings (SSSR count). The molecule has 0 radical (unpaired) electrons. The second kappa shape index (κ2) is 8.62. The number of carbonyl (C=O) groups excluding carboxylic acids is 1. The quantitative estimate of drug-likeness (QED) is 0.360. The Hall–Kier alpha value is -3.26. The van der Waals surface area contributed by atoms with Crippen LogP contribution in [-0.4, -0.2) is 15.8 Å². The molecule has 28 heavy (non-hydrogen) atoms. The molecule has 1 heterocycles. The summed E-state index contributed by atoms with van der Waals surface area (Å²) in [6.07, 6.45) is 1.59. The number of hydrogen-bond donors (Lipinski definition) is 1. The first-order valence-electron chi connectivity index (χ1n) is 8.32. The number of benzene rings is 2. The molecule has 0 unspecified atom stereocenters. The molecule has 0 aliphatic heterocycles. The van der Waals surface area contributed by atoms with Crippen LogP contribution < -0.4 is 5.32 Å². The van der Waals surface area contributed by atoms with E-state index in [1.165, 1.54) is 36.0 Å². The zero-order valence-corrected chi connectivity index (χ0v) is 15.7. The van der Waals surface area contributed by atoms with Crippen LogP contribution in [0.4, 0.5) is 15.8 Å². The van der Waals surface area contributed by atoms with E-state index in [-0.39, 0.29) is 11.5 Å². The number of pyridine rings is 1. The second-order valence-electron chi connectivity index (χ2n) is 5.98. The third kappa shape index (κ3) is 4.72. The number of rotatable bonds is 6. The fourth-order valence-electron chi connectivity index (χ4n) is 2.46. The Labute approximate surface area is 165 Å². The maximum Gasteiger partial charge on any atom is 0.271 e. The van der Waals surface area contributed by atoms with Crippen molar-refractivity contribution in [3.05, 3.63) is 93.4 Å². The number of halogens is 1. The Morgan fingerprint density at radius 2 is 1.96 bits per heavy atom. The van der Waals surface area contributed by atoms with Gasteiger partial charge in [-0.1, -0.05) is 18.2 Å². The molecule has 0 aliphatic carbocycles. The van der Waals surface area contributed by atoms with Gasteiger partial charge in [0, 0.05) is 24.1 Å². The van der Waals surface area contributed by atoms with E-state index < -0.39 is 10.8 Å². The molecule has 0 atom stereocenters. The Balaban J connectivity index is 1.78. The van der Waals surface area contributed by atoms with Crippen molar-refractivity contribution in [2.45, 2.75) is 17.7 Å². The normalized spacial score (nSPS) is 10.5. The standard InChI is InChI=1S/C20H16FN3O3S/c1-13-4-9-16(24(26)27)11-18(13)23-19(25)17-3-2-10-22-20(17)28-12-14-5-7-15(21)8-6-14/h2-11H,12H2,1H3,(H,23,25). The summed E-state index contributed by atoms with van der Waals surface area (Å²) in [4.78, 5) is 27.5. The first kappa shape index (κ1) is 19.5. The van der Waals surface area contributed by atoms with Gasteiger partial charge in [-0.05, 0) is 42.3 Å². The largest absolute Gasteiger partial charge is 0.321 e. The van der Waals surface area contributed by atoms with Crippen LogP contribution >= 0.6 is 11.8 Å². The SMILES string of the molecule is Cc1ccc([N+](=O)[O-])cc1NC(=O)c1cccnc1SCc1ccc(F)cc1. The highest BCUT2D eigenvalue weighted by molar-refractivity contribution is 7.98. The number of aryl methyl sites for hydroxylation is 1. The molecule has 0 aliphatic rings. The molecule has 0 saturated heterocycles. The van der Waals surface area contributed by atoms with Gasteiger partial charge in [0.2, 0.25) is 0 Å². The summed E-state index contributed by atoms with van der Waals surface area (Å²) in [6, 6.07) is 13.7. The molecule has 0 spiro atoms. The predicted molar refractivity (Wildman–Crippen MR) is 106 cm³/mol. The fourth-order valence-corrected chi connectivity index (χ4v) is 3.41. The number of nitrogens with zero attached hydrogens (tertiary/aromatic N) is 2. The van der Waals surface area contributed by atoms with E-state index >= 15 is 0 Å². The van der Waals surface area contributed by atoms with Gasteiger partial charge in [0.25, 0.3) is 11.6 Å². The van der Waals surface area contributed by atoms with Gasteiger partial charge in [-0.3, -0.25) is 14.9 Å². The zero-order valence-electron chi connectivity index (χ0n) is 14.9. The maximum atomic E-state index is 13.0. The van der Waals surface area contributed by atoms with Gasteiger partial charge in [-0.25, -0.2) is 9.37 Å². The number of hydrogen-bond acceptors (Lipinski definition) is 5. The van der Waals surface area contributed by atoms with Gasteiger partial charge >= 0.3 is 0 Å². The summed E-state index contributed by atoms with van der Waals surface area (Å²) in [6.45, 7) is 1.76. The van der Waals surface area contributed by atoms with E-state index in [9.17, 15) is 19.3 Å². The van der Waals surface area contributed by atoms with Gasteiger partial charge in [0.15, 0.2) is 0 Å². The van der Waals surface area contributed by atoms with Crippen molar-refractivity contribution >= 4 is 29.0 Å². The average molecular weight is 397 g/mol. The van der Waals surface area contributed by atoms with Crippen LogP contribution in [0, 0.1) is 22.9 Å². The molecule has 3 aromatic rings. The number of non-ortho nitro benzene ring substituents is 1. The highest BCUT2D eigenvalue weighted by atomic mass is 32.2. The van der Waals surface area contributed by atoms with E-state index in [4.69, 9.17) is 0 Å². The number of nitrogens with one attached hydrogen (secondary N) is 1. The van der Waals surface area contributed by atoms with Gasteiger partial charge in [-0.15, -0.1) is 11.8 Å². The summed E-state index contributed by atoms with van der Waals surface area (Å²) in [5.41, 5.74) is 2.25. The van der Waals surface area contributed by atoms with Crippen LogP contribution in [0.2, 0.25) is 0 Å². The Bertz CT molecular complexity index is 1030. The molecule has 0 saturated carbocycles. The Morgan fingerprint density at radius 1 is 1.21 bits per heavy atom. The third-order valence-electron chi connectivity index (χ3n) is 3.98. The molecule has 0 bridgehead atoms. The van der Waals surface area contributed by atoms with E-state index in [2.05, 4.69) is 10.3 Å². The third-order valence-corrected chi connectivity index (χ3v) is 5.06. The lowest BCUT2D eigenvalue weighted by molar-refractivity contribution is -0.384. The Kier molecular flexibility index (Phi) is 6.00. The summed E-state index contributed by atoms with van der Waals surface area (Å²) < 4.78 is 13.0. The maximum absolute atomic E-state index is 13.0. The van der Waals surface area contributed by atoms with Crippen LogP contribution in [0.1, 0.15) is 21.5 Å². The average Bonchev–Trinajstić information content (AvgIpc) is 2.69. The van der Waals surface area contributed by atoms with Crippen molar-refractivity contribution in [3.63, 3.8) is 0 Å². The van der Waals surface area contributed by atoms with Crippen molar-refractivity contribution < 1.29 is 14.1 Å². The van der Waals surface area contributed by atoms with Crippen LogP contribution in [0.5, 0.6) is 0 Å². The number of nitro benzene ring substituents is 1. The molecule has 0 fully saturated rings. The fraction of sp³-hybridized carbons (Fsp3) is 0.100. The summed E-state index contributed by atoms with van der Waals surface area (Å²) >= 11 is 1.35. The minimum atomic E-state index is -0.511. The van der Waals surface area contributed by atoms with Crippen molar-refractivity contribution in [1.29, 1.82) is 0 Å². The van der Waals surface area contributed by atoms with Crippen molar-refractivity contribution in [1.82, 2.24) is 4.98 Å². The van der Waals surface area contributed by atoms with Gasteiger partial charge < -0.3 is 5.32 Å². The van der Waals surface area contributed by atoms with Crippen molar-refractivity contribution in [3.8, 4) is 0 Å². The molecule has 2 aromatic carbocycles. The first-order chi connectivity index (χ1) is 13.4. The van der Waals surface area contributed by atoms with Crippen molar-refractivity contribution in [2.24, 2.45) is 0 Å². The molecular weight excluding hydrogens is 381 g/mol. The molecular formula is C20H16FN3O3S. The van der Waals surface area contributed by atoms with E-state index in [0.29, 0.717) is 27.6 Å². The molecule has 1 N–H and O–H groups in total. The highest BCUT2D eigenvalue weighted by Gasteiger charge is 2.16. The number of carbonyl (C=O) groups is 1. The van der Waals surface area contributed by atoms with Crippen LogP contribution in [0.15, 0.2) is 65.8 Å². The van der Waals surface area contributed by atoms with Gasteiger partial charge in [0.05, 0.1) is 16.2 Å². The van der Waals surface area contributed by atoms with Crippen LogP contribution in [0.3, 0.4) is 0 Å².